The van der Waals surface area contributed by atoms with Crippen LogP contribution in [0.15, 0.2) is 18.2 Å². The summed E-state index contributed by atoms with van der Waals surface area (Å²) in [7, 11) is 0. The van der Waals surface area contributed by atoms with Gasteiger partial charge in [0.05, 0.1) is 0 Å². The maximum Gasteiger partial charge on any atom is 0.231 e. The summed E-state index contributed by atoms with van der Waals surface area (Å²) in [5, 5.41) is 9.69. The van der Waals surface area contributed by atoms with Gasteiger partial charge in [-0.1, -0.05) is 11.6 Å². The van der Waals surface area contributed by atoms with Gasteiger partial charge in [0.15, 0.2) is 17.3 Å². The minimum atomic E-state index is -0.226. The molecule has 1 aromatic heterocycles. The van der Waals surface area contributed by atoms with E-state index in [9.17, 15) is 5.11 Å². The number of anilines is 1. The number of aromatic nitrogens is 2. The molecule has 138 valence electrons. The summed E-state index contributed by atoms with van der Waals surface area (Å²) in [6, 6.07) is 5.65. The van der Waals surface area contributed by atoms with Crippen molar-refractivity contribution in [1.29, 1.82) is 0 Å². The summed E-state index contributed by atoms with van der Waals surface area (Å²) in [6.45, 7) is 3.53. The number of fused-ring (bicyclic) bond motifs is 1. The molecule has 0 radical (unpaired) electrons. The first kappa shape index (κ1) is 17.2. The number of aliphatic hydroxyl groups excluding tert-OH is 1. The number of nitrogens with zero attached hydrogens (tertiary/aromatic N) is 3. The molecule has 0 unspecified atom stereocenters. The molecule has 0 atom stereocenters. The number of hydrogen-bond acceptors (Lipinski definition) is 7. The minimum Gasteiger partial charge on any atom is -0.490 e. The summed E-state index contributed by atoms with van der Waals surface area (Å²) in [6.07, 6.45) is 1.86. The largest absolute Gasteiger partial charge is 0.490 e. The van der Waals surface area contributed by atoms with Crippen LogP contribution in [-0.2, 0) is 6.61 Å². The molecule has 0 amide bonds. The Morgan fingerprint density at radius 1 is 1.23 bits per heavy atom. The van der Waals surface area contributed by atoms with Crippen LogP contribution in [0.25, 0.3) is 0 Å². The van der Waals surface area contributed by atoms with E-state index in [0.29, 0.717) is 11.0 Å². The number of piperidine rings is 1. The van der Waals surface area contributed by atoms with E-state index in [4.69, 9.17) is 25.8 Å². The lowest BCUT2D eigenvalue weighted by Crippen LogP contribution is -2.39. The van der Waals surface area contributed by atoms with E-state index in [0.717, 1.165) is 54.6 Å². The highest BCUT2D eigenvalue weighted by atomic mass is 35.5. The zero-order valence-corrected chi connectivity index (χ0v) is 15.2. The highest BCUT2D eigenvalue weighted by molar-refractivity contribution is 6.30. The molecule has 2 aliphatic rings. The van der Waals surface area contributed by atoms with Crippen LogP contribution in [0.1, 0.15) is 24.2 Å². The SMILES string of the molecule is Cc1c(Cl)nc(CO)nc1N1CCC(Oc2ccc3c(c2)OCO3)CC1. The summed E-state index contributed by atoms with van der Waals surface area (Å²) in [5.41, 5.74) is 0.832. The summed E-state index contributed by atoms with van der Waals surface area (Å²) in [5.74, 6) is 3.40. The van der Waals surface area contributed by atoms with E-state index in [1.165, 1.54) is 0 Å². The Labute approximate surface area is 156 Å². The molecular weight excluding hydrogens is 358 g/mol. The number of rotatable bonds is 4. The van der Waals surface area contributed by atoms with Gasteiger partial charge >= 0.3 is 0 Å². The van der Waals surface area contributed by atoms with Crippen molar-refractivity contribution in [3.8, 4) is 17.2 Å². The van der Waals surface area contributed by atoms with Gasteiger partial charge in [0.25, 0.3) is 0 Å². The Balaban J connectivity index is 1.41. The van der Waals surface area contributed by atoms with Crippen LogP contribution in [0.4, 0.5) is 5.82 Å². The van der Waals surface area contributed by atoms with Gasteiger partial charge in [-0.3, -0.25) is 0 Å². The third-order valence-corrected chi connectivity index (χ3v) is 5.00. The van der Waals surface area contributed by atoms with E-state index >= 15 is 0 Å². The van der Waals surface area contributed by atoms with Crippen LogP contribution in [0.2, 0.25) is 5.15 Å². The van der Waals surface area contributed by atoms with E-state index in [1.807, 2.05) is 25.1 Å². The van der Waals surface area contributed by atoms with Crippen molar-refractivity contribution in [2.75, 3.05) is 24.8 Å². The van der Waals surface area contributed by atoms with Crippen molar-refractivity contribution in [3.63, 3.8) is 0 Å². The van der Waals surface area contributed by atoms with Gasteiger partial charge in [-0.05, 0) is 19.1 Å². The summed E-state index contributed by atoms with van der Waals surface area (Å²) < 4.78 is 16.8. The molecule has 1 fully saturated rings. The maximum atomic E-state index is 9.31. The van der Waals surface area contributed by atoms with Gasteiger partial charge in [-0.2, -0.15) is 0 Å². The van der Waals surface area contributed by atoms with Crippen molar-refractivity contribution >= 4 is 17.4 Å². The van der Waals surface area contributed by atoms with Crippen molar-refractivity contribution in [2.24, 2.45) is 0 Å². The Morgan fingerprint density at radius 3 is 2.77 bits per heavy atom. The first-order valence-corrected chi connectivity index (χ1v) is 8.97. The Kier molecular flexibility index (Phi) is 4.74. The van der Waals surface area contributed by atoms with Crippen molar-refractivity contribution in [2.45, 2.75) is 32.5 Å². The van der Waals surface area contributed by atoms with Crippen LogP contribution in [0, 0.1) is 6.92 Å². The number of benzene rings is 1. The molecule has 4 rings (SSSR count). The van der Waals surface area contributed by atoms with Crippen LogP contribution in [0.5, 0.6) is 17.2 Å². The van der Waals surface area contributed by atoms with E-state index in [1.54, 1.807) is 0 Å². The molecule has 26 heavy (non-hydrogen) atoms. The number of halogens is 1. The van der Waals surface area contributed by atoms with Crippen molar-refractivity contribution in [1.82, 2.24) is 9.97 Å². The molecule has 7 nitrogen and oxygen atoms in total. The first-order chi connectivity index (χ1) is 12.6. The lowest BCUT2D eigenvalue weighted by molar-refractivity contribution is 0.167. The van der Waals surface area contributed by atoms with E-state index in [2.05, 4.69) is 14.9 Å². The number of hydrogen-bond donors (Lipinski definition) is 1. The Bertz CT molecular complexity index is 809. The average molecular weight is 378 g/mol. The second kappa shape index (κ2) is 7.17. The highest BCUT2D eigenvalue weighted by Crippen LogP contribution is 2.36. The fourth-order valence-electron chi connectivity index (χ4n) is 3.23. The molecule has 0 spiro atoms. The molecule has 1 aromatic carbocycles. The lowest BCUT2D eigenvalue weighted by Gasteiger charge is -2.33. The third kappa shape index (κ3) is 3.37. The van der Waals surface area contributed by atoms with E-state index < -0.39 is 0 Å². The Morgan fingerprint density at radius 2 is 2.00 bits per heavy atom. The third-order valence-electron chi connectivity index (χ3n) is 4.64. The van der Waals surface area contributed by atoms with Gasteiger partial charge in [0, 0.05) is 37.6 Å². The molecule has 2 aromatic rings. The maximum absolute atomic E-state index is 9.31. The van der Waals surface area contributed by atoms with Crippen LogP contribution >= 0.6 is 11.6 Å². The fourth-order valence-corrected chi connectivity index (χ4v) is 3.41. The molecule has 3 heterocycles. The monoisotopic (exact) mass is 377 g/mol. The second-order valence-corrected chi connectivity index (χ2v) is 6.71. The minimum absolute atomic E-state index is 0.126. The van der Waals surface area contributed by atoms with E-state index in [-0.39, 0.29) is 19.5 Å². The van der Waals surface area contributed by atoms with Gasteiger partial charge in [-0.15, -0.1) is 0 Å². The first-order valence-electron chi connectivity index (χ1n) is 8.59. The lowest BCUT2D eigenvalue weighted by atomic mass is 10.1. The standard InChI is InChI=1S/C18H20ClN3O4/c1-11-17(19)20-16(9-23)21-18(11)22-6-4-12(5-7-22)26-13-2-3-14-15(8-13)25-10-24-14/h2-3,8,12,23H,4-7,9-10H2,1H3. The average Bonchev–Trinajstić information content (AvgIpc) is 3.12. The smallest absolute Gasteiger partial charge is 0.231 e. The second-order valence-electron chi connectivity index (χ2n) is 6.36. The van der Waals surface area contributed by atoms with Gasteiger partial charge < -0.3 is 24.2 Å². The summed E-state index contributed by atoms with van der Waals surface area (Å²) in [4.78, 5) is 10.7. The zero-order chi connectivity index (χ0) is 18.1. The van der Waals surface area contributed by atoms with Crippen molar-refractivity contribution < 1.29 is 19.3 Å². The van der Waals surface area contributed by atoms with Crippen LogP contribution < -0.4 is 19.1 Å². The molecule has 0 aliphatic carbocycles. The Hall–Kier alpha value is -2.25. The predicted octanol–water partition coefficient (Wildman–Crippen LogP) is 2.71. The number of ether oxygens (including phenoxy) is 3. The van der Waals surface area contributed by atoms with Crippen LogP contribution in [-0.4, -0.2) is 41.1 Å². The zero-order valence-electron chi connectivity index (χ0n) is 14.4. The molecular formula is C18H20ClN3O4. The topological polar surface area (TPSA) is 76.9 Å². The summed E-state index contributed by atoms with van der Waals surface area (Å²) >= 11 is 6.16. The molecule has 8 heteroatoms. The van der Waals surface area contributed by atoms with Gasteiger partial charge in [0.2, 0.25) is 6.79 Å². The molecule has 0 saturated carbocycles. The normalized spacial score (nSPS) is 16.8. The van der Waals surface area contributed by atoms with Gasteiger partial charge in [0.1, 0.15) is 29.4 Å². The highest BCUT2D eigenvalue weighted by Gasteiger charge is 2.24. The quantitative estimate of drug-likeness (QED) is 0.821. The fraction of sp³-hybridized carbons (Fsp3) is 0.444. The predicted molar refractivity (Wildman–Crippen MR) is 96.1 cm³/mol. The van der Waals surface area contributed by atoms with Crippen molar-refractivity contribution in [3.05, 3.63) is 34.7 Å². The molecule has 0 bridgehead atoms. The van der Waals surface area contributed by atoms with Crippen LogP contribution in [0.3, 0.4) is 0 Å². The number of aliphatic hydroxyl groups is 1. The molecule has 1 saturated heterocycles. The molecule has 2 aliphatic heterocycles. The molecule has 1 N–H and O–H groups in total. The van der Waals surface area contributed by atoms with Gasteiger partial charge in [-0.25, -0.2) is 9.97 Å².